The summed E-state index contributed by atoms with van der Waals surface area (Å²) in [6, 6.07) is 8.35. The van der Waals surface area contributed by atoms with Crippen molar-refractivity contribution in [2.45, 2.75) is 43.8 Å². The lowest BCUT2D eigenvalue weighted by molar-refractivity contribution is -0.137. The van der Waals surface area contributed by atoms with Crippen LogP contribution in [0.4, 0.5) is 24.8 Å². The van der Waals surface area contributed by atoms with E-state index in [1.165, 1.54) is 0 Å². The van der Waals surface area contributed by atoms with Crippen LogP contribution in [0.15, 0.2) is 55.0 Å². The van der Waals surface area contributed by atoms with Crippen molar-refractivity contribution in [1.29, 1.82) is 0 Å². The first kappa shape index (κ1) is 23.7. The van der Waals surface area contributed by atoms with Gasteiger partial charge in [-0.3, -0.25) is 9.20 Å². The monoisotopic (exact) mass is 495 g/mol. The number of nitrogen functional groups attached to an aromatic ring is 1. The average molecular weight is 496 g/mol. The maximum atomic E-state index is 12.9. The van der Waals surface area contributed by atoms with Gasteiger partial charge in [0.2, 0.25) is 0 Å². The molecule has 0 saturated heterocycles. The molecule has 1 aromatic carbocycles. The quantitative estimate of drug-likeness (QED) is 0.379. The summed E-state index contributed by atoms with van der Waals surface area (Å²) in [5.41, 5.74) is 13.8. The number of benzene rings is 1. The van der Waals surface area contributed by atoms with Gasteiger partial charge in [0.25, 0.3) is 5.91 Å². The molecule has 0 bridgehead atoms. The molecule has 186 valence electrons. The molecule has 2 atom stereocenters. The van der Waals surface area contributed by atoms with Crippen molar-refractivity contribution >= 4 is 23.1 Å². The molecule has 0 radical (unpaired) electrons. The van der Waals surface area contributed by atoms with Crippen LogP contribution in [0.2, 0.25) is 0 Å². The number of anilines is 2. The average Bonchev–Trinajstić information content (AvgIpc) is 3.25. The highest BCUT2D eigenvalue weighted by molar-refractivity contribution is 6.04. The van der Waals surface area contributed by atoms with Gasteiger partial charge in [-0.05, 0) is 43.5 Å². The molecule has 11 heteroatoms. The summed E-state index contributed by atoms with van der Waals surface area (Å²) in [5, 5.41) is 2.41. The fraction of sp³-hybridized carbons (Fsp3) is 0.280. The Morgan fingerprint density at radius 2 is 1.86 bits per heavy atom. The summed E-state index contributed by atoms with van der Waals surface area (Å²) in [7, 11) is 0. The molecule has 3 heterocycles. The van der Waals surface area contributed by atoms with E-state index in [0.717, 1.165) is 55.4 Å². The van der Waals surface area contributed by atoms with Gasteiger partial charge in [0.15, 0.2) is 0 Å². The summed E-state index contributed by atoms with van der Waals surface area (Å²) in [4.78, 5) is 25.6. The van der Waals surface area contributed by atoms with Crippen LogP contribution in [0.25, 0.3) is 16.8 Å². The number of pyridine rings is 1. The molecule has 1 saturated carbocycles. The number of carbonyl (C=O) groups is 1. The largest absolute Gasteiger partial charge is 0.416 e. The van der Waals surface area contributed by atoms with E-state index < -0.39 is 17.6 Å². The zero-order chi connectivity index (χ0) is 25.4. The Morgan fingerprint density at radius 3 is 2.58 bits per heavy atom. The number of amides is 1. The minimum atomic E-state index is -4.53. The molecule has 5 N–H and O–H groups in total. The SMILES string of the molecule is Nc1nccn2c(C3CCCC(N)C3)nc(-c3ccc(C(=O)Nc4cc(C(F)(F)F)ccn4)cc3)c12. The zero-order valence-corrected chi connectivity index (χ0v) is 19.2. The van der Waals surface area contributed by atoms with Crippen molar-refractivity contribution in [1.82, 2.24) is 19.4 Å². The number of nitrogens with two attached hydrogens (primary N) is 2. The van der Waals surface area contributed by atoms with Crippen LogP contribution >= 0.6 is 0 Å². The summed E-state index contributed by atoms with van der Waals surface area (Å²) in [5.74, 6) is 0.640. The van der Waals surface area contributed by atoms with Crippen molar-refractivity contribution in [2.75, 3.05) is 11.1 Å². The lowest BCUT2D eigenvalue weighted by Gasteiger charge is -2.25. The maximum Gasteiger partial charge on any atom is 0.416 e. The van der Waals surface area contributed by atoms with Crippen molar-refractivity contribution in [3.8, 4) is 11.3 Å². The zero-order valence-electron chi connectivity index (χ0n) is 19.2. The van der Waals surface area contributed by atoms with E-state index in [1.54, 1.807) is 30.5 Å². The molecule has 5 rings (SSSR count). The van der Waals surface area contributed by atoms with Gasteiger partial charge in [0, 0.05) is 41.7 Å². The normalized spacial score (nSPS) is 18.3. The maximum absolute atomic E-state index is 12.9. The molecular weight excluding hydrogens is 471 g/mol. The summed E-state index contributed by atoms with van der Waals surface area (Å²) in [6.07, 6.45) is 3.78. The van der Waals surface area contributed by atoms with Gasteiger partial charge in [-0.2, -0.15) is 13.2 Å². The van der Waals surface area contributed by atoms with Gasteiger partial charge >= 0.3 is 6.18 Å². The van der Waals surface area contributed by atoms with Crippen molar-refractivity contribution in [2.24, 2.45) is 5.73 Å². The first-order chi connectivity index (χ1) is 17.2. The standard InChI is InChI=1S/C25H24F3N7O/c26-25(27,28)17-8-9-31-19(13-17)33-24(36)15-6-4-14(5-7-15)20-21-22(30)32-10-11-35(21)23(34-20)16-2-1-3-18(29)12-16/h4-11,13,16,18H,1-3,12,29H2,(H2,30,32)(H,31,33,36). The topological polar surface area (TPSA) is 124 Å². The molecule has 1 fully saturated rings. The van der Waals surface area contributed by atoms with Crippen LogP contribution < -0.4 is 16.8 Å². The number of aromatic nitrogens is 4. The van der Waals surface area contributed by atoms with Gasteiger partial charge in [-0.1, -0.05) is 18.6 Å². The minimum Gasteiger partial charge on any atom is -0.382 e. The number of hydrogen-bond acceptors (Lipinski definition) is 6. The number of nitrogens with zero attached hydrogens (tertiary/aromatic N) is 4. The van der Waals surface area contributed by atoms with Crippen LogP contribution in [0.5, 0.6) is 0 Å². The van der Waals surface area contributed by atoms with Crippen molar-refractivity contribution in [3.63, 3.8) is 0 Å². The molecule has 36 heavy (non-hydrogen) atoms. The second-order valence-electron chi connectivity index (χ2n) is 8.93. The Hall–Kier alpha value is -3.99. The Balaban J connectivity index is 1.43. The number of carbonyl (C=O) groups excluding carboxylic acids is 1. The molecule has 1 amide bonds. The Bertz CT molecular complexity index is 1420. The predicted molar refractivity (Wildman–Crippen MR) is 129 cm³/mol. The summed E-state index contributed by atoms with van der Waals surface area (Å²) >= 11 is 0. The van der Waals surface area contributed by atoms with Crippen molar-refractivity contribution in [3.05, 3.63) is 71.9 Å². The van der Waals surface area contributed by atoms with Crippen molar-refractivity contribution < 1.29 is 18.0 Å². The number of fused-ring (bicyclic) bond motifs is 1. The Morgan fingerprint density at radius 1 is 1.08 bits per heavy atom. The van der Waals surface area contributed by atoms with Gasteiger partial charge in [0.1, 0.15) is 28.7 Å². The summed E-state index contributed by atoms with van der Waals surface area (Å²) < 4.78 is 40.8. The molecule has 4 aromatic rings. The number of alkyl halides is 3. The second-order valence-corrected chi connectivity index (χ2v) is 8.93. The molecule has 0 aliphatic heterocycles. The molecule has 1 aliphatic rings. The number of hydrogen-bond donors (Lipinski definition) is 3. The molecule has 2 unspecified atom stereocenters. The van der Waals surface area contributed by atoms with E-state index in [4.69, 9.17) is 16.5 Å². The second kappa shape index (κ2) is 9.23. The molecule has 3 aromatic heterocycles. The van der Waals surface area contributed by atoms with E-state index in [9.17, 15) is 18.0 Å². The third kappa shape index (κ3) is 4.61. The molecule has 0 spiro atoms. The number of imidazole rings is 1. The van der Waals surface area contributed by atoms with E-state index in [1.807, 2.05) is 10.6 Å². The highest BCUT2D eigenvalue weighted by Crippen LogP contribution is 2.36. The fourth-order valence-electron chi connectivity index (χ4n) is 4.68. The van der Waals surface area contributed by atoms with Crippen LogP contribution in [0, 0.1) is 0 Å². The predicted octanol–water partition coefficient (Wildman–Crippen LogP) is 4.63. The highest BCUT2D eigenvalue weighted by Gasteiger charge is 2.31. The van der Waals surface area contributed by atoms with E-state index >= 15 is 0 Å². The first-order valence-electron chi connectivity index (χ1n) is 11.5. The third-order valence-corrected chi connectivity index (χ3v) is 6.44. The summed E-state index contributed by atoms with van der Waals surface area (Å²) in [6.45, 7) is 0. The Labute approximate surface area is 204 Å². The fourth-order valence-corrected chi connectivity index (χ4v) is 4.68. The number of rotatable bonds is 4. The van der Waals surface area contributed by atoms with Crippen LogP contribution in [0.3, 0.4) is 0 Å². The van der Waals surface area contributed by atoms with E-state index in [0.29, 0.717) is 17.0 Å². The van der Waals surface area contributed by atoms with Gasteiger partial charge in [0.05, 0.1) is 5.56 Å². The lowest BCUT2D eigenvalue weighted by atomic mass is 9.85. The molecular formula is C25H24F3N7O. The first-order valence-corrected chi connectivity index (χ1v) is 11.5. The van der Waals surface area contributed by atoms with Crippen LogP contribution in [-0.2, 0) is 6.18 Å². The number of halogens is 3. The minimum absolute atomic E-state index is 0.128. The van der Waals surface area contributed by atoms with Gasteiger partial charge in [-0.15, -0.1) is 0 Å². The number of nitrogens with one attached hydrogen (secondary N) is 1. The van der Waals surface area contributed by atoms with Gasteiger partial charge in [-0.25, -0.2) is 15.0 Å². The highest BCUT2D eigenvalue weighted by atomic mass is 19.4. The van der Waals surface area contributed by atoms with E-state index in [2.05, 4.69) is 15.3 Å². The van der Waals surface area contributed by atoms with Crippen LogP contribution in [-0.4, -0.2) is 31.3 Å². The lowest BCUT2D eigenvalue weighted by Crippen LogP contribution is -2.27. The Kier molecular flexibility index (Phi) is 6.09. The molecule has 1 aliphatic carbocycles. The molecule has 8 nitrogen and oxygen atoms in total. The third-order valence-electron chi connectivity index (χ3n) is 6.44. The van der Waals surface area contributed by atoms with E-state index in [-0.39, 0.29) is 23.3 Å². The van der Waals surface area contributed by atoms with Gasteiger partial charge < -0.3 is 16.8 Å². The van der Waals surface area contributed by atoms with Crippen LogP contribution in [0.1, 0.15) is 53.3 Å². The smallest absolute Gasteiger partial charge is 0.382 e.